The topological polar surface area (TPSA) is 99.8 Å². The van der Waals surface area contributed by atoms with Crippen molar-refractivity contribution in [2.24, 2.45) is 0 Å². The third kappa shape index (κ3) is 2.68. The first kappa shape index (κ1) is 15.5. The SMILES string of the molecule is N#Cc1ccc2c(c1)OCC[C@H]2Nc1ccc2[nH]nc(-c3cnco3)c2c1. The number of H-pyrrole nitrogens is 1. The molecule has 0 unspecified atom stereocenters. The summed E-state index contributed by atoms with van der Waals surface area (Å²) in [6.07, 6.45) is 3.89. The fourth-order valence-corrected chi connectivity index (χ4v) is 3.43. The summed E-state index contributed by atoms with van der Waals surface area (Å²) in [4.78, 5) is 3.97. The Hall–Kier alpha value is -3.79. The lowest BCUT2D eigenvalue weighted by Crippen LogP contribution is -2.20. The minimum atomic E-state index is 0.111. The van der Waals surface area contributed by atoms with Crippen molar-refractivity contribution in [3.05, 3.63) is 60.1 Å². The molecular weight excluding hydrogens is 342 g/mol. The Morgan fingerprint density at radius 1 is 1.22 bits per heavy atom. The van der Waals surface area contributed by atoms with Crippen LogP contribution >= 0.6 is 0 Å². The molecule has 0 amide bonds. The number of hydrogen-bond donors (Lipinski definition) is 2. The second kappa shape index (κ2) is 6.18. The van der Waals surface area contributed by atoms with Crippen molar-refractivity contribution in [1.29, 1.82) is 5.26 Å². The van der Waals surface area contributed by atoms with E-state index in [0.29, 0.717) is 17.9 Å². The molecule has 2 aromatic heterocycles. The average molecular weight is 357 g/mol. The first-order chi connectivity index (χ1) is 13.3. The van der Waals surface area contributed by atoms with Crippen LogP contribution in [-0.4, -0.2) is 21.8 Å². The zero-order chi connectivity index (χ0) is 18.2. The summed E-state index contributed by atoms with van der Waals surface area (Å²) in [5.74, 6) is 1.39. The van der Waals surface area contributed by atoms with Crippen molar-refractivity contribution in [1.82, 2.24) is 15.2 Å². The van der Waals surface area contributed by atoms with Crippen molar-refractivity contribution >= 4 is 16.6 Å². The molecule has 132 valence electrons. The molecule has 0 bridgehead atoms. The first-order valence-corrected chi connectivity index (χ1v) is 8.62. The molecule has 2 aromatic carbocycles. The van der Waals surface area contributed by atoms with E-state index in [0.717, 1.165) is 40.0 Å². The van der Waals surface area contributed by atoms with Gasteiger partial charge in [-0.2, -0.15) is 10.4 Å². The van der Waals surface area contributed by atoms with Crippen LogP contribution in [0.1, 0.15) is 23.6 Å². The van der Waals surface area contributed by atoms with Gasteiger partial charge in [0.2, 0.25) is 0 Å². The molecule has 0 saturated heterocycles. The lowest BCUT2D eigenvalue weighted by atomic mass is 9.98. The quantitative estimate of drug-likeness (QED) is 0.574. The molecule has 0 spiro atoms. The third-order valence-corrected chi connectivity index (χ3v) is 4.75. The monoisotopic (exact) mass is 357 g/mol. The molecule has 1 aliphatic heterocycles. The molecule has 1 atom stereocenters. The van der Waals surface area contributed by atoms with Crippen molar-refractivity contribution in [2.45, 2.75) is 12.5 Å². The molecule has 5 rings (SSSR count). The van der Waals surface area contributed by atoms with Gasteiger partial charge in [0.1, 0.15) is 11.4 Å². The van der Waals surface area contributed by atoms with Gasteiger partial charge in [0, 0.05) is 23.1 Å². The number of oxazole rings is 1. The molecule has 7 heteroatoms. The van der Waals surface area contributed by atoms with Crippen LogP contribution in [0.25, 0.3) is 22.4 Å². The van der Waals surface area contributed by atoms with Crippen LogP contribution in [-0.2, 0) is 0 Å². The number of rotatable bonds is 3. The Balaban J connectivity index is 1.49. The molecule has 7 nitrogen and oxygen atoms in total. The molecule has 27 heavy (non-hydrogen) atoms. The van der Waals surface area contributed by atoms with Crippen LogP contribution in [0.5, 0.6) is 5.75 Å². The minimum absolute atomic E-state index is 0.111. The van der Waals surface area contributed by atoms with Crippen LogP contribution in [0.15, 0.2) is 53.4 Å². The van der Waals surface area contributed by atoms with E-state index in [9.17, 15) is 0 Å². The smallest absolute Gasteiger partial charge is 0.181 e. The van der Waals surface area contributed by atoms with Crippen LogP contribution in [0.3, 0.4) is 0 Å². The number of benzene rings is 2. The molecule has 4 aromatic rings. The maximum Gasteiger partial charge on any atom is 0.181 e. The van der Waals surface area contributed by atoms with Gasteiger partial charge >= 0.3 is 0 Å². The Labute approximate surface area is 154 Å². The van der Waals surface area contributed by atoms with E-state index in [4.69, 9.17) is 14.4 Å². The van der Waals surface area contributed by atoms with E-state index in [2.05, 4.69) is 32.6 Å². The Kier molecular flexibility index (Phi) is 3.54. The fraction of sp³-hybridized carbons (Fsp3) is 0.150. The summed E-state index contributed by atoms with van der Waals surface area (Å²) in [5.41, 5.74) is 4.30. The van der Waals surface area contributed by atoms with Crippen molar-refractivity contribution in [3.63, 3.8) is 0 Å². The zero-order valence-corrected chi connectivity index (χ0v) is 14.3. The van der Waals surface area contributed by atoms with E-state index in [-0.39, 0.29) is 6.04 Å². The number of aromatic amines is 1. The fourth-order valence-electron chi connectivity index (χ4n) is 3.43. The van der Waals surface area contributed by atoms with Gasteiger partial charge < -0.3 is 14.5 Å². The molecule has 0 radical (unpaired) electrons. The van der Waals surface area contributed by atoms with Crippen LogP contribution < -0.4 is 10.1 Å². The van der Waals surface area contributed by atoms with Gasteiger partial charge in [0.05, 0.1) is 36.0 Å². The van der Waals surface area contributed by atoms with E-state index in [1.807, 2.05) is 24.3 Å². The Morgan fingerprint density at radius 3 is 3.04 bits per heavy atom. The van der Waals surface area contributed by atoms with Crippen LogP contribution in [0, 0.1) is 11.3 Å². The highest BCUT2D eigenvalue weighted by atomic mass is 16.5. The Bertz CT molecular complexity index is 1160. The summed E-state index contributed by atoms with van der Waals surface area (Å²) in [7, 11) is 0. The second-order valence-corrected chi connectivity index (χ2v) is 6.40. The molecule has 2 N–H and O–H groups in total. The van der Waals surface area contributed by atoms with Gasteiger partial charge in [-0.1, -0.05) is 6.07 Å². The molecule has 0 aliphatic carbocycles. The lowest BCUT2D eigenvalue weighted by molar-refractivity contribution is 0.274. The summed E-state index contributed by atoms with van der Waals surface area (Å²) in [6.45, 7) is 0.608. The molecule has 1 aliphatic rings. The molecule has 0 saturated carbocycles. The molecule has 0 fully saturated rings. The van der Waals surface area contributed by atoms with Gasteiger partial charge in [0.25, 0.3) is 0 Å². The predicted molar refractivity (Wildman–Crippen MR) is 99.2 cm³/mol. The highest BCUT2D eigenvalue weighted by Crippen LogP contribution is 2.36. The number of ether oxygens (including phenoxy) is 1. The van der Waals surface area contributed by atoms with Gasteiger partial charge in [-0.25, -0.2) is 4.98 Å². The van der Waals surface area contributed by atoms with Crippen LogP contribution in [0.4, 0.5) is 5.69 Å². The van der Waals surface area contributed by atoms with Gasteiger partial charge in [-0.15, -0.1) is 0 Å². The highest BCUT2D eigenvalue weighted by molar-refractivity contribution is 5.93. The lowest BCUT2D eigenvalue weighted by Gasteiger charge is -2.27. The van der Waals surface area contributed by atoms with Crippen molar-refractivity contribution < 1.29 is 9.15 Å². The number of hydrogen-bond acceptors (Lipinski definition) is 6. The Morgan fingerprint density at radius 2 is 2.19 bits per heavy atom. The summed E-state index contributed by atoms with van der Waals surface area (Å²) >= 11 is 0. The number of nitrogens with zero attached hydrogens (tertiary/aromatic N) is 3. The number of nitriles is 1. The molecular formula is C20H15N5O2. The van der Waals surface area contributed by atoms with Crippen molar-refractivity contribution in [2.75, 3.05) is 11.9 Å². The summed E-state index contributed by atoms with van der Waals surface area (Å²) in [6, 6.07) is 13.9. The predicted octanol–water partition coefficient (Wildman–Crippen LogP) is 4.03. The van der Waals surface area contributed by atoms with E-state index < -0.39 is 0 Å². The minimum Gasteiger partial charge on any atom is -0.493 e. The van der Waals surface area contributed by atoms with Crippen LogP contribution in [0.2, 0.25) is 0 Å². The average Bonchev–Trinajstić information content (AvgIpc) is 3.37. The maximum atomic E-state index is 9.08. The largest absolute Gasteiger partial charge is 0.493 e. The number of fused-ring (bicyclic) bond motifs is 2. The standard InChI is InChI=1S/C20H15N5O2/c21-9-12-1-3-14-16(5-6-26-18(14)7-12)23-13-2-4-17-15(8-13)20(25-24-17)19-10-22-11-27-19/h1-4,7-8,10-11,16,23H,5-6H2,(H,24,25)/t16-/m1/s1. The highest BCUT2D eigenvalue weighted by Gasteiger charge is 2.22. The van der Waals surface area contributed by atoms with Gasteiger partial charge in [-0.3, -0.25) is 5.10 Å². The number of nitrogens with one attached hydrogen (secondary N) is 2. The third-order valence-electron chi connectivity index (χ3n) is 4.75. The van der Waals surface area contributed by atoms with E-state index in [1.165, 1.54) is 6.39 Å². The maximum absolute atomic E-state index is 9.08. The van der Waals surface area contributed by atoms with Gasteiger partial charge in [0.15, 0.2) is 12.2 Å². The summed E-state index contributed by atoms with van der Waals surface area (Å²) in [5, 5.41) is 21.0. The zero-order valence-electron chi connectivity index (χ0n) is 14.3. The van der Waals surface area contributed by atoms with E-state index >= 15 is 0 Å². The first-order valence-electron chi connectivity index (χ1n) is 8.62. The number of aromatic nitrogens is 3. The summed E-state index contributed by atoms with van der Waals surface area (Å²) < 4.78 is 11.1. The molecule has 3 heterocycles. The van der Waals surface area contributed by atoms with Gasteiger partial charge in [-0.05, 0) is 30.3 Å². The van der Waals surface area contributed by atoms with Crippen molar-refractivity contribution in [3.8, 4) is 23.3 Å². The second-order valence-electron chi connectivity index (χ2n) is 6.40. The normalized spacial score (nSPS) is 15.7. The number of anilines is 1. The van der Waals surface area contributed by atoms with E-state index in [1.54, 1.807) is 12.3 Å².